The normalized spacial score (nSPS) is 10.1. The summed E-state index contributed by atoms with van der Waals surface area (Å²) in [5.41, 5.74) is 0.945. The summed E-state index contributed by atoms with van der Waals surface area (Å²) in [6, 6.07) is 9.61. The van der Waals surface area contributed by atoms with Crippen molar-refractivity contribution < 1.29 is 13.9 Å². The van der Waals surface area contributed by atoms with Gasteiger partial charge < -0.3 is 10.1 Å². The Hall–Kier alpha value is -2.43. The summed E-state index contributed by atoms with van der Waals surface area (Å²) in [6.45, 7) is 2.69. The molecule has 0 saturated carbocycles. The van der Waals surface area contributed by atoms with Gasteiger partial charge in [0.1, 0.15) is 5.75 Å². The number of rotatable bonds is 5. The van der Waals surface area contributed by atoms with Crippen molar-refractivity contribution in [1.29, 1.82) is 0 Å². The number of carbonyl (C=O) groups excluding carboxylic acids is 1. The van der Waals surface area contributed by atoms with Crippen LogP contribution in [0.1, 0.15) is 23.7 Å². The van der Waals surface area contributed by atoms with Gasteiger partial charge in [0.25, 0.3) is 5.91 Å². The summed E-state index contributed by atoms with van der Waals surface area (Å²) in [4.78, 5) is 15.3. The molecule has 0 aliphatic rings. The molecule has 20 heavy (non-hydrogen) atoms. The van der Waals surface area contributed by atoms with Gasteiger partial charge in [0, 0.05) is 11.9 Å². The highest BCUT2D eigenvalue weighted by Gasteiger charge is 2.06. The van der Waals surface area contributed by atoms with Crippen molar-refractivity contribution >= 4 is 11.6 Å². The molecule has 1 N–H and O–H groups in total. The number of hydrogen-bond acceptors (Lipinski definition) is 3. The van der Waals surface area contributed by atoms with E-state index in [9.17, 15) is 9.18 Å². The van der Waals surface area contributed by atoms with Crippen LogP contribution in [0.5, 0.6) is 5.75 Å². The number of anilines is 1. The Morgan fingerprint density at radius 2 is 2.00 bits per heavy atom. The summed E-state index contributed by atoms with van der Waals surface area (Å²) in [5, 5.41) is 2.70. The van der Waals surface area contributed by atoms with E-state index in [0.717, 1.165) is 18.2 Å². The van der Waals surface area contributed by atoms with Crippen molar-refractivity contribution in [3.05, 3.63) is 54.1 Å². The monoisotopic (exact) mass is 274 g/mol. The SMILES string of the molecule is CCCOc1ccc(NC(=O)c2ccc(F)nc2)cc1. The minimum Gasteiger partial charge on any atom is -0.494 e. The lowest BCUT2D eigenvalue weighted by Gasteiger charge is -2.07. The van der Waals surface area contributed by atoms with Gasteiger partial charge in [-0.25, -0.2) is 4.98 Å². The van der Waals surface area contributed by atoms with Crippen molar-refractivity contribution in [3.8, 4) is 5.75 Å². The second-order valence-electron chi connectivity index (χ2n) is 4.20. The minimum atomic E-state index is -0.612. The maximum atomic E-state index is 12.7. The third kappa shape index (κ3) is 3.78. The number of benzene rings is 1. The number of halogens is 1. The molecular formula is C15H15FN2O2. The highest BCUT2D eigenvalue weighted by molar-refractivity contribution is 6.04. The van der Waals surface area contributed by atoms with Gasteiger partial charge in [0.15, 0.2) is 0 Å². The van der Waals surface area contributed by atoms with Crippen LogP contribution in [0.2, 0.25) is 0 Å². The van der Waals surface area contributed by atoms with Gasteiger partial charge in [0.2, 0.25) is 5.95 Å². The fraction of sp³-hybridized carbons (Fsp3) is 0.200. The lowest BCUT2D eigenvalue weighted by Crippen LogP contribution is -2.12. The quantitative estimate of drug-likeness (QED) is 0.851. The smallest absolute Gasteiger partial charge is 0.257 e. The Labute approximate surface area is 116 Å². The van der Waals surface area contributed by atoms with E-state index in [4.69, 9.17) is 4.74 Å². The summed E-state index contributed by atoms with van der Waals surface area (Å²) in [7, 11) is 0. The van der Waals surface area contributed by atoms with E-state index in [0.29, 0.717) is 17.9 Å². The molecule has 4 nitrogen and oxygen atoms in total. The predicted molar refractivity (Wildman–Crippen MR) is 74.4 cm³/mol. The molecule has 1 heterocycles. The van der Waals surface area contributed by atoms with Crippen molar-refractivity contribution in [2.75, 3.05) is 11.9 Å². The third-order valence-electron chi connectivity index (χ3n) is 2.57. The first-order valence-electron chi connectivity index (χ1n) is 6.35. The third-order valence-corrected chi connectivity index (χ3v) is 2.57. The maximum absolute atomic E-state index is 12.7. The first-order chi connectivity index (χ1) is 9.69. The zero-order valence-electron chi connectivity index (χ0n) is 11.1. The lowest BCUT2D eigenvalue weighted by molar-refractivity contribution is 0.102. The van der Waals surface area contributed by atoms with Gasteiger partial charge in [-0.3, -0.25) is 4.79 Å². The highest BCUT2D eigenvalue weighted by Crippen LogP contribution is 2.16. The molecule has 0 aliphatic heterocycles. The number of hydrogen-bond donors (Lipinski definition) is 1. The van der Waals surface area contributed by atoms with E-state index in [1.807, 2.05) is 6.92 Å². The zero-order chi connectivity index (χ0) is 14.4. The molecule has 1 aromatic heterocycles. The van der Waals surface area contributed by atoms with Gasteiger partial charge in [-0.1, -0.05) is 6.92 Å². The molecule has 0 unspecified atom stereocenters. The van der Waals surface area contributed by atoms with Crippen LogP contribution in [0.4, 0.5) is 10.1 Å². The number of ether oxygens (including phenoxy) is 1. The number of pyridine rings is 1. The molecule has 5 heteroatoms. The molecule has 0 aliphatic carbocycles. The summed E-state index contributed by atoms with van der Waals surface area (Å²) >= 11 is 0. The molecule has 2 rings (SSSR count). The second-order valence-corrected chi connectivity index (χ2v) is 4.20. The van der Waals surface area contributed by atoms with Crippen LogP contribution in [0.15, 0.2) is 42.6 Å². The summed E-state index contributed by atoms with van der Waals surface area (Å²) in [5.74, 6) is -0.188. The van der Waals surface area contributed by atoms with Gasteiger partial charge in [-0.2, -0.15) is 4.39 Å². The average Bonchev–Trinajstić information content (AvgIpc) is 2.47. The number of carbonyl (C=O) groups is 1. The van der Waals surface area contributed by atoms with Gasteiger partial charge in [-0.15, -0.1) is 0 Å². The number of amides is 1. The Bertz CT molecular complexity index is 567. The van der Waals surface area contributed by atoms with E-state index in [1.165, 1.54) is 12.3 Å². The van der Waals surface area contributed by atoms with Crippen LogP contribution in [-0.2, 0) is 0 Å². The topological polar surface area (TPSA) is 51.2 Å². The van der Waals surface area contributed by atoms with Crippen molar-refractivity contribution in [2.24, 2.45) is 0 Å². The largest absolute Gasteiger partial charge is 0.494 e. The van der Waals surface area contributed by atoms with Crippen molar-refractivity contribution in [1.82, 2.24) is 4.98 Å². The number of aromatic nitrogens is 1. The number of nitrogens with one attached hydrogen (secondary N) is 1. The van der Waals surface area contributed by atoms with E-state index < -0.39 is 5.95 Å². The molecule has 0 radical (unpaired) electrons. The first-order valence-corrected chi connectivity index (χ1v) is 6.35. The molecule has 0 spiro atoms. The van der Waals surface area contributed by atoms with Crippen LogP contribution < -0.4 is 10.1 Å². The van der Waals surface area contributed by atoms with Crippen LogP contribution in [0, 0.1) is 5.95 Å². The standard InChI is InChI=1S/C15H15FN2O2/c1-2-9-20-13-6-4-12(5-7-13)18-15(19)11-3-8-14(16)17-10-11/h3-8,10H,2,9H2,1H3,(H,18,19). The molecule has 1 aromatic carbocycles. The fourth-order valence-electron chi connectivity index (χ4n) is 1.57. The molecule has 0 saturated heterocycles. The lowest BCUT2D eigenvalue weighted by atomic mass is 10.2. The Morgan fingerprint density at radius 1 is 1.25 bits per heavy atom. The Kier molecular flexibility index (Phi) is 4.65. The van der Waals surface area contributed by atoms with Gasteiger partial charge in [0.05, 0.1) is 12.2 Å². The Balaban J connectivity index is 1.99. The molecule has 0 bridgehead atoms. The second kappa shape index (κ2) is 6.65. The average molecular weight is 274 g/mol. The molecule has 104 valence electrons. The number of nitrogens with zero attached hydrogens (tertiary/aromatic N) is 1. The predicted octanol–water partition coefficient (Wildman–Crippen LogP) is 3.26. The molecule has 1 amide bonds. The van der Waals surface area contributed by atoms with E-state index >= 15 is 0 Å². The first kappa shape index (κ1) is 14.0. The Morgan fingerprint density at radius 3 is 2.60 bits per heavy atom. The van der Waals surface area contributed by atoms with E-state index in [2.05, 4.69) is 10.3 Å². The van der Waals surface area contributed by atoms with Gasteiger partial charge in [-0.05, 0) is 42.8 Å². The van der Waals surface area contributed by atoms with E-state index in [-0.39, 0.29) is 5.91 Å². The highest BCUT2D eigenvalue weighted by atomic mass is 19.1. The van der Waals surface area contributed by atoms with Crippen molar-refractivity contribution in [3.63, 3.8) is 0 Å². The van der Waals surface area contributed by atoms with Crippen LogP contribution in [-0.4, -0.2) is 17.5 Å². The molecular weight excluding hydrogens is 259 g/mol. The fourth-order valence-corrected chi connectivity index (χ4v) is 1.57. The summed E-state index contributed by atoms with van der Waals surface area (Å²) in [6.07, 6.45) is 2.14. The molecule has 2 aromatic rings. The molecule has 0 fully saturated rings. The minimum absolute atomic E-state index is 0.303. The zero-order valence-corrected chi connectivity index (χ0v) is 11.1. The van der Waals surface area contributed by atoms with Gasteiger partial charge >= 0.3 is 0 Å². The van der Waals surface area contributed by atoms with Crippen molar-refractivity contribution in [2.45, 2.75) is 13.3 Å². The van der Waals surface area contributed by atoms with Crippen LogP contribution in [0.25, 0.3) is 0 Å². The van der Waals surface area contributed by atoms with E-state index in [1.54, 1.807) is 24.3 Å². The van der Waals surface area contributed by atoms with Crippen LogP contribution >= 0.6 is 0 Å². The molecule has 0 atom stereocenters. The van der Waals surface area contributed by atoms with Crippen LogP contribution in [0.3, 0.4) is 0 Å². The maximum Gasteiger partial charge on any atom is 0.257 e. The summed E-state index contributed by atoms with van der Waals surface area (Å²) < 4.78 is 18.1.